The Hall–Kier alpha value is -0.890. The molecule has 2 rings (SSSR count). The van der Waals surface area contributed by atoms with E-state index in [1.807, 2.05) is 0 Å². The van der Waals surface area contributed by atoms with E-state index in [1.165, 1.54) is 16.6 Å². The molecule has 0 atom stereocenters. The minimum absolute atomic E-state index is 0.105. The van der Waals surface area contributed by atoms with Crippen LogP contribution in [0.15, 0.2) is 17.2 Å². The molecule has 2 heterocycles. The Morgan fingerprint density at radius 2 is 2.11 bits per heavy atom. The Bertz CT molecular complexity index is 529. The molecule has 0 spiro atoms. The second kappa shape index (κ2) is 5.40. The lowest BCUT2D eigenvalue weighted by Gasteiger charge is -2.26. The highest BCUT2D eigenvalue weighted by atomic mass is 35.5. The maximum absolute atomic E-state index is 12.3. The number of ether oxygens (including phenoxy) is 1. The molecule has 0 amide bonds. The number of hydrogen-bond donors (Lipinski definition) is 1. The molecule has 8 heteroatoms. The molecule has 1 N–H and O–H groups in total. The first kappa shape index (κ1) is 13.5. The van der Waals surface area contributed by atoms with E-state index >= 15 is 0 Å². The summed E-state index contributed by atoms with van der Waals surface area (Å²) < 4.78 is 31.1. The number of rotatable bonds is 3. The van der Waals surface area contributed by atoms with E-state index in [0.717, 1.165) is 0 Å². The number of hydrogen-bond acceptors (Lipinski definition) is 5. The van der Waals surface area contributed by atoms with Gasteiger partial charge in [0.2, 0.25) is 10.0 Å². The SMILES string of the molecule is CNc1ncc(S(=O)(=O)N2CCOCC2)cc1Cl. The van der Waals surface area contributed by atoms with Gasteiger partial charge in [-0.1, -0.05) is 11.6 Å². The van der Waals surface area contributed by atoms with Crippen LogP contribution in [0.1, 0.15) is 0 Å². The molecule has 1 aliphatic heterocycles. The maximum Gasteiger partial charge on any atom is 0.244 e. The fraction of sp³-hybridized carbons (Fsp3) is 0.500. The molecule has 6 nitrogen and oxygen atoms in total. The van der Waals surface area contributed by atoms with E-state index in [1.54, 1.807) is 7.05 Å². The molecular weight excluding hydrogens is 278 g/mol. The molecule has 0 saturated carbocycles. The zero-order chi connectivity index (χ0) is 13.2. The Morgan fingerprint density at radius 3 is 2.67 bits per heavy atom. The van der Waals surface area contributed by atoms with Crippen molar-refractivity contribution in [3.63, 3.8) is 0 Å². The summed E-state index contributed by atoms with van der Waals surface area (Å²) in [7, 11) is -1.86. The van der Waals surface area contributed by atoms with Crippen molar-refractivity contribution in [3.8, 4) is 0 Å². The Labute approximate surface area is 111 Å². The lowest BCUT2D eigenvalue weighted by Crippen LogP contribution is -2.40. The first-order chi connectivity index (χ1) is 8.55. The van der Waals surface area contributed by atoms with Crippen molar-refractivity contribution >= 4 is 27.4 Å². The summed E-state index contributed by atoms with van der Waals surface area (Å²) in [5, 5.41) is 3.07. The Balaban J connectivity index is 2.32. The highest BCUT2D eigenvalue weighted by molar-refractivity contribution is 7.89. The van der Waals surface area contributed by atoms with Crippen molar-refractivity contribution in [2.24, 2.45) is 0 Å². The van der Waals surface area contributed by atoms with E-state index in [2.05, 4.69) is 10.3 Å². The van der Waals surface area contributed by atoms with Crippen LogP contribution in [0.5, 0.6) is 0 Å². The number of anilines is 1. The van der Waals surface area contributed by atoms with Crippen molar-refractivity contribution in [3.05, 3.63) is 17.3 Å². The molecule has 1 aromatic rings. The molecule has 1 saturated heterocycles. The second-order valence-corrected chi connectivity index (χ2v) is 6.11. The van der Waals surface area contributed by atoms with Crippen LogP contribution in [-0.2, 0) is 14.8 Å². The predicted octanol–water partition coefficient (Wildman–Crippen LogP) is 0.798. The summed E-state index contributed by atoms with van der Waals surface area (Å²) in [4.78, 5) is 4.08. The van der Waals surface area contributed by atoms with E-state index in [4.69, 9.17) is 16.3 Å². The average Bonchev–Trinajstić information content (AvgIpc) is 2.39. The minimum atomic E-state index is -3.53. The van der Waals surface area contributed by atoms with Crippen molar-refractivity contribution in [1.82, 2.24) is 9.29 Å². The standard InChI is InChI=1S/C10H14ClN3O3S/c1-12-10-9(11)6-8(7-13-10)18(15,16)14-2-4-17-5-3-14/h6-7H,2-5H2,1H3,(H,12,13). The van der Waals surface area contributed by atoms with Gasteiger partial charge in [0.1, 0.15) is 10.7 Å². The molecule has 18 heavy (non-hydrogen) atoms. The van der Waals surface area contributed by atoms with Gasteiger partial charge in [-0.15, -0.1) is 0 Å². The van der Waals surface area contributed by atoms with Crippen LogP contribution in [0.3, 0.4) is 0 Å². The number of aromatic nitrogens is 1. The summed E-state index contributed by atoms with van der Waals surface area (Å²) >= 11 is 5.94. The third-order valence-corrected chi connectivity index (χ3v) is 4.81. The summed E-state index contributed by atoms with van der Waals surface area (Å²) in [5.74, 6) is 0.456. The van der Waals surface area contributed by atoms with Gasteiger partial charge in [0.05, 0.1) is 18.2 Å². The van der Waals surface area contributed by atoms with Gasteiger partial charge in [-0.25, -0.2) is 13.4 Å². The summed E-state index contributed by atoms with van der Waals surface area (Å²) in [6.07, 6.45) is 1.31. The Kier molecular flexibility index (Phi) is 4.06. The number of nitrogens with zero attached hydrogens (tertiary/aromatic N) is 2. The number of nitrogens with one attached hydrogen (secondary N) is 1. The van der Waals surface area contributed by atoms with Crippen molar-refractivity contribution in [2.75, 3.05) is 38.7 Å². The highest BCUT2D eigenvalue weighted by Crippen LogP contribution is 2.24. The maximum atomic E-state index is 12.3. The van der Waals surface area contributed by atoms with Gasteiger partial charge < -0.3 is 10.1 Å². The molecule has 0 unspecified atom stereocenters. The topological polar surface area (TPSA) is 71.5 Å². The van der Waals surface area contributed by atoms with Crippen LogP contribution in [0.25, 0.3) is 0 Å². The summed E-state index contributed by atoms with van der Waals surface area (Å²) in [5.41, 5.74) is 0. The number of sulfonamides is 1. The van der Waals surface area contributed by atoms with Gasteiger partial charge in [-0.05, 0) is 6.07 Å². The lowest BCUT2D eigenvalue weighted by molar-refractivity contribution is 0.0730. The van der Waals surface area contributed by atoms with E-state index in [9.17, 15) is 8.42 Å². The summed E-state index contributed by atoms with van der Waals surface area (Å²) in [6, 6.07) is 1.41. The Morgan fingerprint density at radius 1 is 1.44 bits per heavy atom. The zero-order valence-corrected chi connectivity index (χ0v) is 11.5. The molecule has 1 fully saturated rings. The molecule has 0 radical (unpaired) electrons. The van der Waals surface area contributed by atoms with Crippen LogP contribution in [0.2, 0.25) is 5.02 Å². The van der Waals surface area contributed by atoms with Crippen LogP contribution in [-0.4, -0.2) is 51.1 Å². The predicted molar refractivity (Wildman–Crippen MR) is 68.4 cm³/mol. The fourth-order valence-corrected chi connectivity index (χ4v) is 3.39. The van der Waals surface area contributed by atoms with Crippen molar-refractivity contribution in [2.45, 2.75) is 4.90 Å². The lowest BCUT2D eigenvalue weighted by atomic mass is 10.4. The second-order valence-electron chi connectivity index (χ2n) is 3.77. The zero-order valence-electron chi connectivity index (χ0n) is 9.89. The van der Waals surface area contributed by atoms with Crippen molar-refractivity contribution < 1.29 is 13.2 Å². The molecule has 100 valence electrons. The third-order valence-electron chi connectivity index (χ3n) is 2.66. The van der Waals surface area contributed by atoms with Crippen LogP contribution >= 0.6 is 11.6 Å². The van der Waals surface area contributed by atoms with Crippen LogP contribution < -0.4 is 5.32 Å². The first-order valence-corrected chi connectivity index (χ1v) is 7.28. The number of halogens is 1. The van der Waals surface area contributed by atoms with E-state index in [-0.39, 0.29) is 9.92 Å². The number of pyridine rings is 1. The van der Waals surface area contributed by atoms with Crippen molar-refractivity contribution in [1.29, 1.82) is 0 Å². The minimum Gasteiger partial charge on any atom is -0.379 e. The highest BCUT2D eigenvalue weighted by Gasteiger charge is 2.27. The van der Waals surface area contributed by atoms with Crippen LogP contribution in [0.4, 0.5) is 5.82 Å². The summed E-state index contributed by atoms with van der Waals surface area (Å²) in [6.45, 7) is 1.53. The van der Waals surface area contributed by atoms with E-state index in [0.29, 0.717) is 32.1 Å². The van der Waals surface area contributed by atoms with Gasteiger partial charge in [0, 0.05) is 26.3 Å². The average molecular weight is 292 g/mol. The molecule has 1 aliphatic rings. The van der Waals surface area contributed by atoms with Gasteiger partial charge in [-0.2, -0.15) is 4.31 Å². The quantitative estimate of drug-likeness (QED) is 0.892. The monoisotopic (exact) mass is 291 g/mol. The fourth-order valence-electron chi connectivity index (χ4n) is 1.68. The third kappa shape index (κ3) is 2.59. The smallest absolute Gasteiger partial charge is 0.244 e. The normalized spacial score (nSPS) is 17.7. The molecule has 1 aromatic heterocycles. The largest absolute Gasteiger partial charge is 0.379 e. The van der Waals surface area contributed by atoms with Gasteiger partial charge in [0.15, 0.2) is 0 Å². The van der Waals surface area contributed by atoms with Crippen LogP contribution in [0, 0.1) is 0 Å². The molecule has 0 aliphatic carbocycles. The van der Waals surface area contributed by atoms with Gasteiger partial charge in [0.25, 0.3) is 0 Å². The van der Waals surface area contributed by atoms with Gasteiger partial charge >= 0.3 is 0 Å². The first-order valence-electron chi connectivity index (χ1n) is 5.47. The number of morpholine rings is 1. The van der Waals surface area contributed by atoms with Gasteiger partial charge in [-0.3, -0.25) is 0 Å². The molecule has 0 bridgehead atoms. The van der Waals surface area contributed by atoms with E-state index < -0.39 is 10.0 Å². The molecule has 0 aromatic carbocycles. The molecular formula is C10H14ClN3O3S.